The van der Waals surface area contributed by atoms with Crippen LogP contribution in [0.2, 0.25) is 0 Å². The van der Waals surface area contributed by atoms with Gasteiger partial charge in [-0.05, 0) is 44.7 Å². The highest BCUT2D eigenvalue weighted by molar-refractivity contribution is 6.09. The molecule has 1 aliphatic carbocycles. The third-order valence-corrected chi connectivity index (χ3v) is 5.72. The lowest BCUT2D eigenvalue weighted by atomic mass is 10.0. The Hall–Kier alpha value is -3.68. The Morgan fingerprint density at radius 1 is 1.26 bits per heavy atom. The van der Waals surface area contributed by atoms with Gasteiger partial charge in [0.05, 0.1) is 17.0 Å². The van der Waals surface area contributed by atoms with Crippen molar-refractivity contribution in [1.82, 2.24) is 19.9 Å². The Kier molecular flexibility index (Phi) is 5.22. The molecular formula is C23H26N6O2. The van der Waals surface area contributed by atoms with Crippen LogP contribution in [0.25, 0.3) is 11.0 Å². The van der Waals surface area contributed by atoms with E-state index in [9.17, 15) is 9.59 Å². The molecule has 0 unspecified atom stereocenters. The van der Waals surface area contributed by atoms with Gasteiger partial charge in [-0.15, -0.1) is 0 Å². The first-order valence-corrected chi connectivity index (χ1v) is 10.3. The van der Waals surface area contributed by atoms with Gasteiger partial charge in [0.15, 0.2) is 0 Å². The molecule has 1 fully saturated rings. The molecule has 0 spiro atoms. The lowest BCUT2D eigenvalue weighted by molar-refractivity contribution is 0.0788. The van der Waals surface area contributed by atoms with Gasteiger partial charge in [0, 0.05) is 23.5 Å². The van der Waals surface area contributed by atoms with Gasteiger partial charge in [-0.1, -0.05) is 24.8 Å². The standard InChI is InChI=1S/C23H26N6O2/c1-12-6-5-7-13(2)18(12)23(31)29(16-8-9-16)15(4)14(3)28-22-19-17(20(24)30)10-25-21(19)26-11-27-22/h5-7,10-11,14,16H,4,8-9H2,1-3H3,(H2,24,30)(H2,25,26,27,28)/t14-/m0/s1. The number of carbonyl (C=O) groups excluding carboxylic acids is 2. The van der Waals surface area contributed by atoms with Crippen LogP contribution in [0.5, 0.6) is 0 Å². The number of amides is 2. The Morgan fingerprint density at radius 2 is 1.94 bits per heavy atom. The number of benzene rings is 1. The number of hydrogen-bond acceptors (Lipinski definition) is 5. The van der Waals surface area contributed by atoms with Crippen LogP contribution in [-0.4, -0.2) is 43.7 Å². The third-order valence-electron chi connectivity index (χ3n) is 5.72. The largest absolute Gasteiger partial charge is 0.366 e. The van der Waals surface area contributed by atoms with Crippen molar-refractivity contribution in [3.05, 3.63) is 65.3 Å². The van der Waals surface area contributed by atoms with Crippen LogP contribution in [0.3, 0.4) is 0 Å². The topological polar surface area (TPSA) is 117 Å². The average Bonchev–Trinajstić information content (AvgIpc) is 3.44. The number of hydrogen-bond donors (Lipinski definition) is 3. The molecule has 31 heavy (non-hydrogen) atoms. The number of fused-ring (bicyclic) bond motifs is 1. The van der Waals surface area contributed by atoms with E-state index >= 15 is 0 Å². The fourth-order valence-corrected chi connectivity index (χ4v) is 3.90. The van der Waals surface area contributed by atoms with Crippen LogP contribution < -0.4 is 11.1 Å². The van der Waals surface area contributed by atoms with Crippen LogP contribution >= 0.6 is 0 Å². The van der Waals surface area contributed by atoms with Crippen molar-refractivity contribution in [3.8, 4) is 0 Å². The fourth-order valence-electron chi connectivity index (χ4n) is 3.90. The highest BCUT2D eigenvalue weighted by Crippen LogP contribution is 2.34. The Labute approximate surface area is 180 Å². The summed E-state index contributed by atoms with van der Waals surface area (Å²) in [6.45, 7) is 10.1. The van der Waals surface area contributed by atoms with E-state index in [1.165, 1.54) is 12.5 Å². The van der Waals surface area contributed by atoms with Gasteiger partial charge in [-0.2, -0.15) is 0 Å². The molecule has 4 rings (SSSR count). The Balaban J connectivity index is 1.64. The van der Waals surface area contributed by atoms with E-state index in [-0.39, 0.29) is 18.0 Å². The van der Waals surface area contributed by atoms with Crippen LogP contribution in [0, 0.1) is 13.8 Å². The average molecular weight is 419 g/mol. The van der Waals surface area contributed by atoms with Crippen molar-refractivity contribution >= 4 is 28.7 Å². The maximum absolute atomic E-state index is 13.5. The van der Waals surface area contributed by atoms with Gasteiger partial charge in [0.2, 0.25) is 0 Å². The zero-order chi connectivity index (χ0) is 22.3. The van der Waals surface area contributed by atoms with E-state index in [2.05, 4.69) is 26.8 Å². The van der Waals surface area contributed by atoms with Crippen LogP contribution in [0.1, 0.15) is 51.6 Å². The van der Waals surface area contributed by atoms with Gasteiger partial charge in [-0.3, -0.25) is 9.59 Å². The number of aromatic nitrogens is 3. The number of H-pyrrole nitrogens is 1. The molecule has 1 aliphatic rings. The number of nitrogens with zero attached hydrogens (tertiary/aromatic N) is 3. The van der Waals surface area contributed by atoms with E-state index in [0.717, 1.165) is 24.0 Å². The summed E-state index contributed by atoms with van der Waals surface area (Å²) in [6.07, 6.45) is 4.82. The zero-order valence-electron chi connectivity index (χ0n) is 17.9. The van der Waals surface area contributed by atoms with E-state index in [1.54, 1.807) is 4.90 Å². The van der Waals surface area contributed by atoms with Gasteiger partial charge >= 0.3 is 0 Å². The van der Waals surface area contributed by atoms with Crippen molar-refractivity contribution in [1.29, 1.82) is 0 Å². The summed E-state index contributed by atoms with van der Waals surface area (Å²) >= 11 is 0. The summed E-state index contributed by atoms with van der Waals surface area (Å²) in [5.41, 5.74) is 9.57. The Morgan fingerprint density at radius 3 is 2.55 bits per heavy atom. The first kappa shape index (κ1) is 20.6. The molecule has 2 amide bonds. The summed E-state index contributed by atoms with van der Waals surface area (Å²) in [6, 6.07) is 5.68. The molecule has 0 bridgehead atoms. The number of anilines is 1. The molecule has 0 saturated heterocycles. The third kappa shape index (κ3) is 3.76. The quantitative estimate of drug-likeness (QED) is 0.544. The van der Waals surface area contributed by atoms with Gasteiger partial charge in [0.25, 0.3) is 11.8 Å². The van der Waals surface area contributed by atoms with Crippen molar-refractivity contribution < 1.29 is 9.59 Å². The molecule has 8 nitrogen and oxygen atoms in total. The predicted molar refractivity (Wildman–Crippen MR) is 120 cm³/mol. The summed E-state index contributed by atoms with van der Waals surface area (Å²) in [5.74, 6) is -0.145. The lowest BCUT2D eigenvalue weighted by Gasteiger charge is -2.30. The molecule has 1 aromatic carbocycles. The SMILES string of the molecule is C=C([C@H](C)Nc1ncnc2[nH]cc(C(N)=O)c12)N(C(=O)c1c(C)cccc1C)C1CC1. The molecule has 2 heterocycles. The van der Waals surface area contributed by atoms with Gasteiger partial charge < -0.3 is 20.9 Å². The second-order valence-electron chi connectivity index (χ2n) is 8.04. The maximum atomic E-state index is 13.5. The highest BCUT2D eigenvalue weighted by Gasteiger charge is 2.37. The molecule has 2 aromatic heterocycles. The molecule has 4 N–H and O–H groups in total. The van der Waals surface area contributed by atoms with E-state index in [0.29, 0.717) is 33.7 Å². The molecule has 160 valence electrons. The monoisotopic (exact) mass is 418 g/mol. The molecule has 0 aliphatic heterocycles. The maximum Gasteiger partial charge on any atom is 0.258 e. The molecule has 8 heteroatoms. The molecule has 1 saturated carbocycles. The minimum absolute atomic E-state index is 0.0379. The number of aryl methyl sites for hydroxylation is 2. The minimum atomic E-state index is -0.569. The van der Waals surface area contributed by atoms with E-state index < -0.39 is 5.91 Å². The van der Waals surface area contributed by atoms with Crippen molar-refractivity contribution in [2.24, 2.45) is 5.73 Å². The van der Waals surface area contributed by atoms with Crippen LogP contribution in [0.15, 0.2) is 43.0 Å². The zero-order valence-corrected chi connectivity index (χ0v) is 17.9. The number of nitrogens with two attached hydrogens (primary N) is 1. The van der Waals surface area contributed by atoms with E-state index in [1.807, 2.05) is 39.0 Å². The number of primary amides is 1. The second kappa shape index (κ2) is 7.86. The fraction of sp³-hybridized carbons (Fsp3) is 0.304. The summed E-state index contributed by atoms with van der Waals surface area (Å²) in [4.78, 5) is 38.5. The van der Waals surface area contributed by atoms with Gasteiger partial charge in [0.1, 0.15) is 17.8 Å². The second-order valence-corrected chi connectivity index (χ2v) is 8.04. The van der Waals surface area contributed by atoms with Gasteiger partial charge in [-0.25, -0.2) is 9.97 Å². The normalized spacial score (nSPS) is 14.3. The smallest absolute Gasteiger partial charge is 0.258 e. The predicted octanol–water partition coefficient (Wildman–Crippen LogP) is 3.29. The molecule has 0 radical (unpaired) electrons. The summed E-state index contributed by atoms with van der Waals surface area (Å²) in [7, 11) is 0. The van der Waals surface area contributed by atoms with Crippen LogP contribution in [-0.2, 0) is 0 Å². The molecule has 3 aromatic rings. The Bertz CT molecular complexity index is 1170. The van der Waals surface area contributed by atoms with Crippen LogP contribution in [0.4, 0.5) is 5.82 Å². The number of carbonyl (C=O) groups is 2. The molecular weight excluding hydrogens is 392 g/mol. The van der Waals surface area contributed by atoms with Crippen molar-refractivity contribution in [3.63, 3.8) is 0 Å². The minimum Gasteiger partial charge on any atom is -0.366 e. The number of rotatable bonds is 7. The lowest BCUT2D eigenvalue weighted by Crippen LogP contribution is -2.39. The molecule has 1 atom stereocenters. The first-order chi connectivity index (χ1) is 14.8. The van der Waals surface area contributed by atoms with E-state index in [4.69, 9.17) is 5.73 Å². The number of nitrogens with one attached hydrogen (secondary N) is 2. The van der Waals surface area contributed by atoms with Crippen molar-refractivity contribution in [2.45, 2.75) is 45.7 Å². The van der Waals surface area contributed by atoms with Crippen molar-refractivity contribution in [2.75, 3.05) is 5.32 Å². The highest BCUT2D eigenvalue weighted by atomic mass is 16.2. The summed E-state index contributed by atoms with van der Waals surface area (Å²) in [5, 5.41) is 3.81. The first-order valence-electron chi connectivity index (χ1n) is 10.3. The number of aromatic amines is 1. The summed E-state index contributed by atoms with van der Waals surface area (Å²) < 4.78 is 0.